The molecule has 0 aliphatic heterocycles. The largest absolute Gasteiger partial charge is 0 e. The minimum absolute atomic E-state index is 0. The third-order valence-corrected chi connectivity index (χ3v) is 17.8. The zero-order valence-electron chi connectivity index (χ0n) is 40.8. The fourth-order valence-corrected chi connectivity index (χ4v) is 12.0. The van der Waals surface area contributed by atoms with E-state index in [4.69, 9.17) is 14.4 Å². The number of pyridine rings is 2. The maximum Gasteiger partial charge on any atom is 0 e. The average Bonchev–Trinajstić information content (AvgIpc) is 3.94. The zero-order chi connectivity index (χ0) is 47.1. The van der Waals surface area contributed by atoms with Crippen LogP contribution in [0.15, 0.2) is 138 Å². The minimum Gasteiger partial charge on any atom is 0 e. The molecule has 7 nitrogen and oxygen atoms in total. The first-order valence-electron chi connectivity index (χ1n) is 24.1. The summed E-state index contributed by atoms with van der Waals surface area (Å²) < 4.78 is 10.2. The molecule has 5 heterocycles. The van der Waals surface area contributed by atoms with Gasteiger partial charge in [-0.05, 0) is 60.0 Å². The maximum atomic E-state index is 6.47. The quantitative estimate of drug-likeness (QED) is 0.111. The van der Waals surface area contributed by atoms with Crippen LogP contribution < -0.4 is 4.40 Å². The molecule has 0 unspecified atom stereocenters. The third kappa shape index (κ3) is 9.64. The van der Waals surface area contributed by atoms with Crippen molar-refractivity contribution in [1.82, 2.24) is 29.5 Å². The van der Waals surface area contributed by atoms with Gasteiger partial charge in [0.25, 0.3) is 0 Å². The van der Waals surface area contributed by atoms with Crippen molar-refractivity contribution in [1.29, 1.82) is 0 Å². The summed E-state index contributed by atoms with van der Waals surface area (Å²) in [5, 5.41) is 0.920. The van der Waals surface area contributed by atoms with Crippen LogP contribution in [0, 0.1) is 32.9 Å². The van der Waals surface area contributed by atoms with Gasteiger partial charge in [-0.3, -0.25) is 15.0 Å². The summed E-state index contributed by atoms with van der Waals surface area (Å²) >= 11 is -1.76. The second-order valence-corrected chi connectivity index (χ2v) is 30.4. The fraction of sp³-hybridized carbons (Fsp3) is 0.250. The van der Waals surface area contributed by atoms with Crippen LogP contribution in [0.4, 0.5) is 0 Å². The van der Waals surface area contributed by atoms with Crippen molar-refractivity contribution in [2.24, 2.45) is 0 Å². The number of aromatic nitrogens is 6. The summed E-state index contributed by atoms with van der Waals surface area (Å²) in [6.07, 6.45) is 12.3. The Balaban J connectivity index is 0.000000217. The summed E-state index contributed by atoms with van der Waals surface area (Å²) in [6.45, 7) is 10.6. The first-order valence-corrected chi connectivity index (χ1v) is 31.5. The van der Waals surface area contributed by atoms with Crippen molar-refractivity contribution in [3.8, 4) is 50.6 Å². The van der Waals surface area contributed by atoms with E-state index in [1.807, 2.05) is 13.0 Å². The van der Waals surface area contributed by atoms with E-state index in [0.717, 1.165) is 95.4 Å². The van der Waals surface area contributed by atoms with Crippen molar-refractivity contribution in [2.75, 3.05) is 0 Å². The van der Waals surface area contributed by atoms with Gasteiger partial charge in [0.15, 0.2) is 0 Å². The summed E-state index contributed by atoms with van der Waals surface area (Å²) in [6, 6.07) is 48.1. The van der Waals surface area contributed by atoms with Gasteiger partial charge in [-0.2, -0.15) is 0 Å². The van der Waals surface area contributed by atoms with Crippen LogP contribution in [0.25, 0.3) is 83.8 Å². The molecule has 0 atom stereocenters. The summed E-state index contributed by atoms with van der Waals surface area (Å²) in [5.41, 5.74) is 17.7. The maximum absolute atomic E-state index is 6.47. The van der Waals surface area contributed by atoms with Gasteiger partial charge in [0.05, 0.1) is 33.8 Å². The number of aryl methyl sites for hydroxylation is 3. The Morgan fingerprint density at radius 3 is 2.01 bits per heavy atom. The topological polar surface area (TPSA) is 82.5 Å². The molecular formula is C60H58GeIrN6O-2. The van der Waals surface area contributed by atoms with E-state index in [1.165, 1.54) is 47.6 Å². The molecule has 0 spiro atoms. The van der Waals surface area contributed by atoms with Gasteiger partial charge in [0.2, 0.25) is 5.71 Å². The molecule has 11 rings (SSSR count). The second kappa shape index (κ2) is 20.1. The second-order valence-electron chi connectivity index (χ2n) is 19.8. The standard InChI is InChI=1S/C40H32N5O.C20H26GeN.Ir/c1-23(2)29-21-31(27-12-8-6-9-13-27)37(32(22-29)28-14-10-7-11-15-28)45-36-26(5)43-25(4)20-33(36)44-39(45)30-17-16-24(3)34-35-40(46-38(30)34)42-19-18-41-35;1-21(2,3)19-13-14-20(22-15-19)18-11-9-17(10-12-18)16-7-5-4-6-8-16;/h6-16,18-23H,1-5H3;9-11,13-16H,4-8H2,1-3H3;/q2*-1;. The van der Waals surface area contributed by atoms with E-state index in [9.17, 15) is 0 Å². The predicted molar refractivity (Wildman–Crippen MR) is 282 cm³/mol. The van der Waals surface area contributed by atoms with Crippen LogP contribution in [0.2, 0.25) is 17.3 Å². The molecule has 0 N–H and O–H groups in total. The number of nitrogens with zero attached hydrogens (tertiary/aromatic N) is 6. The molecule has 1 aliphatic rings. The summed E-state index contributed by atoms with van der Waals surface area (Å²) in [5.74, 6) is 9.01. The van der Waals surface area contributed by atoms with Crippen LogP contribution in [0.1, 0.15) is 85.9 Å². The molecule has 10 aromatic rings. The molecule has 1 saturated carbocycles. The van der Waals surface area contributed by atoms with Gasteiger partial charge in [-0.15, -0.1) is 17.7 Å². The molecule has 69 heavy (non-hydrogen) atoms. The van der Waals surface area contributed by atoms with Crippen molar-refractivity contribution >= 4 is 50.9 Å². The Morgan fingerprint density at radius 2 is 1.41 bits per heavy atom. The van der Waals surface area contributed by atoms with Crippen molar-refractivity contribution in [3.63, 3.8) is 0 Å². The Kier molecular flexibility index (Phi) is 14.0. The molecule has 1 aliphatic carbocycles. The number of imidazole rings is 1. The van der Waals surface area contributed by atoms with Gasteiger partial charge < -0.3 is 8.98 Å². The van der Waals surface area contributed by atoms with Crippen molar-refractivity contribution < 1.29 is 24.5 Å². The summed E-state index contributed by atoms with van der Waals surface area (Å²) in [7, 11) is 0. The number of benzene rings is 5. The molecule has 0 amide bonds. The van der Waals surface area contributed by atoms with E-state index in [2.05, 4.69) is 192 Å². The van der Waals surface area contributed by atoms with E-state index in [-0.39, 0.29) is 20.1 Å². The van der Waals surface area contributed by atoms with Crippen molar-refractivity contribution in [2.45, 2.75) is 95.8 Å². The average molecular weight is 1140 g/mol. The molecule has 5 aromatic heterocycles. The van der Waals surface area contributed by atoms with Gasteiger partial charge in [-0.1, -0.05) is 87.0 Å². The van der Waals surface area contributed by atoms with E-state index < -0.39 is 13.3 Å². The minimum atomic E-state index is -1.76. The molecule has 0 saturated heterocycles. The Labute approximate surface area is 422 Å². The molecule has 349 valence electrons. The van der Waals surface area contributed by atoms with Crippen LogP contribution in [-0.4, -0.2) is 42.8 Å². The van der Waals surface area contributed by atoms with E-state index in [0.29, 0.717) is 17.2 Å². The Morgan fingerprint density at radius 1 is 0.725 bits per heavy atom. The molecule has 1 radical (unpaired) electrons. The van der Waals surface area contributed by atoms with Gasteiger partial charge in [-0.25, -0.2) is 4.98 Å². The molecular weight excluding hydrogens is 1090 g/mol. The number of hydrogen-bond acceptors (Lipinski definition) is 6. The smallest absolute Gasteiger partial charge is 0 e. The normalized spacial score (nSPS) is 13.2. The van der Waals surface area contributed by atoms with Crippen LogP contribution >= 0.6 is 0 Å². The zero-order valence-corrected chi connectivity index (χ0v) is 45.3. The SMILES string of the molecule is Cc1cc2nc(-c3[c-]cc(C)c4c3oc3nccnc34)n(-c3c(-c4ccccc4)cc(C(C)C)cc3-c3ccccc3)c2c(C)n1.[CH3][Ge]([CH3])([CH3])[c]1ccc(-c2[c-]cc(C3CCCCC3)cc2)nc1.[Ir]. The number of hydrogen-bond donors (Lipinski definition) is 0. The van der Waals surface area contributed by atoms with E-state index >= 15 is 0 Å². The van der Waals surface area contributed by atoms with Crippen LogP contribution in [0.3, 0.4) is 0 Å². The fourth-order valence-electron chi connectivity index (χ4n) is 9.86. The van der Waals surface area contributed by atoms with Crippen LogP contribution in [-0.2, 0) is 20.1 Å². The van der Waals surface area contributed by atoms with Gasteiger partial charge in [0.1, 0.15) is 5.52 Å². The molecule has 0 bridgehead atoms. The molecule has 5 aromatic carbocycles. The first kappa shape index (κ1) is 48.0. The van der Waals surface area contributed by atoms with E-state index in [1.54, 1.807) is 12.4 Å². The number of fused-ring (bicyclic) bond motifs is 4. The Hall–Kier alpha value is -6.06. The van der Waals surface area contributed by atoms with Gasteiger partial charge in [0, 0.05) is 49.3 Å². The van der Waals surface area contributed by atoms with Crippen LogP contribution in [0.5, 0.6) is 0 Å². The number of rotatable bonds is 8. The summed E-state index contributed by atoms with van der Waals surface area (Å²) in [4.78, 5) is 24.1. The molecule has 1 fully saturated rings. The third-order valence-electron chi connectivity index (χ3n) is 13.6. The number of furan rings is 1. The van der Waals surface area contributed by atoms with Gasteiger partial charge >= 0.3 is 137 Å². The predicted octanol–water partition coefficient (Wildman–Crippen LogP) is 15.1. The molecule has 9 heteroatoms. The monoisotopic (exact) mass is 1150 g/mol. The van der Waals surface area contributed by atoms with Crippen molar-refractivity contribution in [3.05, 3.63) is 174 Å². The first-order chi connectivity index (χ1) is 32.9. The Bertz CT molecular complexity index is 3340.